The number of piperazine rings is 1. The Morgan fingerprint density at radius 3 is 2.18 bits per heavy atom. The molecule has 1 amide bonds. The van der Waals surface area contributed by atoms with Crippen molar-refractivity contribution in [1.82, 2.24) is 4.90 Å². The molecule has 1 saturated heterocycles. The highest BCUT2D eigenvalue weighted by atomic mass is 19.4. The van der Waals surface area contributed by atoms with Crippen LogP contribution in [0.2, 0.25) is 0 Å². The minimum Gasteiger partial charge on any atom is -0.366 e. The van der Waals surface area contributed by atoms with Gasteiger partial charge >= 0.3 is 6.18 Å². The third-order valence-corrected chi connectivity index (χ3v) is 4.72. The molecule has 0 saturated carbocycles. The molecule has 148 valence electrons. The predicted octanol–water partition coefficient (Wildman–Crippen LogP) is 4.01. The third-order valence-electron chi connectivity index (χ3n) is 4.72. The molecule has 2 aromatic carbocycles. The van der Waals surface area contributed by atoms with E-state index in [-0.39, 0.29) is 43.1 Å². The van der Waals surface area contributed by atoms with Crippen molar-refractivity contribution in [3.63, 3.8) is 0 Å². The monoisotopic (exact) mass is 394 g/mol. The Bertz CT molecular complexity index is 903. The summed E-state index contributed by atoms with van der Waals surface area (Å²) in [6.45, 7) is 2.22. The van der Waals surface area contributed by atoms with Crippen LogP contribution >= 0.6 is 0 Å². The maximum absolute atomic E-state index is 14.3. The zero-order valence-corrected chi connectivity index (χ0v) is 15.1. The molecule has 8 heteroatoms. The molecule has 0 radical (unpaired) electrons. The number of carbonyl (C=O) groups is 2. The lowest BCUT2D eigenvalue weighted by molar-refractivity contribution is -0.138. The van der Waals surface area contributed by atoms with Crippen LogP contribution in [0.3, 0.4) is 0 Å². The Balaban J connectivity index is 1.73. The molecular weight excluding hydrogens is 376 g/mol. The van der Waals surface area contributed by atoms with Crippen molar-refractivity contribution in [3.8, 4) is 0 Å². The van der Waals surface area contributed by atoms with Crippen molar-refractivity contribution in [1.29, 1.82) is 0 Å². The van der Waals surface area contributed by atoms with E-state index in [1.807, 2.05) is 0 Å². The fraction of sp³-hybridized carbons (Fsp3) is 0.300. The van der Waals surface area contributed by atoms with Gasteiger partial charge in [0.1, 0.15) is 5.82 Å². The number of anilines is 1. The van der Waals surface area contributed by atoms with E-state index >= 15 is 0 Å². The van der Waals surface area contributed by atoms with E-state index < -0.39 is 23.5 Å². The van der Waals surface area contributed by atoms with Crippen LogP contribution < -0.4 is 4.90 Å². The lowest BCUT2D eigenvalue weighted by atomic mass is 10.1. The molecule has 1 heterocycles. The zero-order valence-electron chi connectivity index (χ0n) is 15.1. The summed E-state index contributed by atoms with van der Waals surface area (Å²) < 4.78 is 53.7. The van der Waals surface area contributed by atoms with Crippen molar-refractivity contribution in [2.45, 2.75) is 13.1 Å². The quantitative estimate of drug-likeness (QED) is 0.584. The molecule has 0 spiro atoms. The Kier molecular flexibility index (Phi) is 5.40. The van der Waals surface area contributed by atoms with Gasteiger partial charge in [0.2, 0.25) is 0 Å². The number of hydrogen-bond acceptors (Lipinski definition) is 3. The van der Waals surface area contributed by atoms with Gasteiger partial charge in [-0.15, -0.1) is 0 Å². The minimum atomic E-state index is -4.62. The number of hydrogen-bond donors (Lipinski definition) is 0. The highest BCUT2D eigenvalue weighted by Gasteiger charge is 2.36. The average molecular weight is 394 g/mol. The standard InChI is InChI=1S/C20H18F4N2O2/c1-13(27)14-6-7-18(17(21)12-14)25-8-10-26(11-9-25)19(28)15-4-2-3-5-16(15)20(22,23)24/h2-7,12H,8-11H2,1H3. The molecule has 0 aromatic heterocycles. The molecular formula is C20H18F4N2O2. The van der Waals surface area contributed by atoms with E-state index in [0.29, 0.717) is 5.69 Å². The van der Waals surface area contributed by atoms with Crippen molar-refractivity contribution in [2.75, 3.05) is 31.1 Å². The smallest absolute Gasteiger partial charge is 0.366 e. The highest BCUT2D eigenvalue weighted by Crippen LogP contribution is 2.32. The summed E-state index contributed by atoms with van der Waals surface area (Å²) in [6.07, 6.45) is -4.62. The minimum absolute atomic E-state index is 0.166. The van der Waals surface area contributed by atoms with Gasteiger partial charge in [-0.05, 0) is 37.3 Å². The Labute approximate surface area is 159 Å². The van der Waals surface area contributed by atoms with Gasteiger partial charge in [0.15, 0.2) is 5.78 Å². The molecule has 1 aliphatic rings. The van der Waals surface area contributed by atoms with Gasteiger partial charge in [-0.25, -0.2) is 4.39 Å². The molecule has 28 heavy (non-hydrogen) atoms. The summed E-state index contributed by atoms with van der Waals surface area (Å²) in [5.74, 6) is -1.49. The summed E-state index contributed by atoms with van der Waals surface area (Å²) >= 11 is 0. The number of nitrogens with zero attached hydrogens (tertiary/aromatic N) is 2. The van der Waals surface area contributed by atoms with Crippen LogP contribution in [0.4, 0.5) is 23.2 Å². The summed E-state index contributed by atoms with van der Waals surface area (Å²) in [6, 6.07) is 8.87. The van der Waals surface area contributed by atoms with E-state index in [4.69, 9.17) is 0 Å². The molecule has 0 aliphatic carbocycles. The summed E-state index contributed by atoms with van der Waals surface area (Å²) in [5, 5.41) is 0. The molecule has 1 fully saturated rings. The van der Waals surface area contributed by atoms with Crippen LogP contribution in [0, 0.1) is 5.82 Å². The Hall–Kier alpha value is -2.90. The molecule has 0 atom stereocenters. The van der Waals surface area contributed by atoms with Crippen LogP contribution in [-0.2, 0) is 6.18 Å². The van der Waals surface area contributed by atoms with Crippen LogP contribution in [-0.4, -0.2) is 42.8 Å². The van der Waals surface area contributed by atoms with Gasteiger partial charge in [-0.1, -0.05) is 12.1 Å². The summed E-state index contributed by atoms with van der Waals surface area (Å²) in [5.41, 5.74) is -0.791. The Morgan fingerprint density at radius 2 is 1.61 bits per heavy atom. The second-order valence-electron chi connectivity index (χ2n) is 6.54. The molecule has 4 nitrogen and oxygen atoms in total. The fourth-order valence-electron chi connectivity index (χ4n) is 3.22. The number of alkyl halides is 3. The topological polar surface area (TPSA) is 40.6 Å². The number of Topliss-reactive ketones (excluding diaryl/α,β-unsaturated/α-hetero) is 1. The fourth-order valence-corrected chi connectivity index (χ4v) is 3.22. The summed E-state index contributed by atoms with van der Waals surface area (Å²) in [7, 11) is 0. The van der Waals surface area contributed by atoms with Gasteiger partial charge in [0.25, 0.3) is 5.91 Å². The second kappa shape index (κ2) is 7.61. The van der Waals surface area contributed by atoms with Gasteiger partial charge < -0.3 is 9.80 Å². The molecule has 0 bridgehead atoms. The first-order valence-corrected chi connectivity index (χ1v) is 8.69. The van der Waals surface area contributed by atoms with Crippen molar-refractivity contribution >= 4 is 17.4 Å². The molecule has 1 aliphatic heterocycles. The largest absolute Gasteiger partial charge is 0.417 e. The SMILES string of the molecule is CC(=O)c1ccc(N2CCN(C(=O)c3ccccc3C(F)(F)F)CC2)c(F)c1. The first-order valence-electron chi connectivity index (χ1n) is 8.69. The van der Waals surface area contributed by atoms with Crippen LogP contribution in [0.1, 0.15) is 33.2 Å². The van der Waals surface area contributed by atoms with E-state index in [1.54, 1.807) is 4.90 Å². The van der Waals surface area contributed by atoms with Gasteiger partial charge in [-0.2, -0.15) is 13.2 Å². The highest BCUT2D eigenvalue weighted by molar-refractivity contribution is 5.96. The predicted molar refractivity (Wildman–Crippen MR) is 96.0 cm³/mol. The number of benzene rings is 2. The number of carbonyl (C=O) groups excluding carboxylic acids is 2. The van der Waals surface area contributed by atoms with Crippen molar-refractivity contribution in [2.24, 2.45) is 0 Å². The summed E-state index contributed by atoms with van der Waals surface area (Å²) in [4.78, 5) is 27.0. The maximum atomic E-state index is 14.3. The molecule has 0 unspecified atom stereocenters. The van der Waals surface area contributed by atoms with Gasteiger partial charge in [0, 0.05) is 31.7 Å². The van der Waals surface area contributed by atoms with E-state index in [2.05, 4.69) is 0 Å². The number of halogens is 4. The van der Waals surface area contributed by atoms with Gasteiger partial charge in [-0.3, -0.25) is 9.59 Å². The normalized spacial score (nSPS) is 14.9. The van der Waals surface area contributed by atoms with E-state index in [0.717, 1.165) is 18.2 Å². The number of amides is 1. The second-order valence-corrected chi connectivity index (χ2v) is 6.54. The third kappa shape index (κ3) is 4.00. The number of rotatable bonds is 3. The molecule has 0 N–H and O–H groups in total. The lowest BCUT2D eigenvalue weighted by Crippen LogP contribution is -2.49. The van der Waals surface area contributed by atoms with Crippen LogP contribution in [0.5, 0.6) is 0 Å². The van der Waals surface area contributed by atoms with Crippen molar-refractivity contribution in [3.05, 3.63) is 65.0 Å². The van der Waals surface area contributed by atoms with Crippen LogP contribution in [0.25, 0.3) is 0 Å². The van der Waals surface area contributed by atoms with Crippen molar-refractivity contribution < 1.29 is 27.2 Å². The molecule has 3 rings (SSSR count). The first kappa shape index (κ1) is 19.9. The first-order chi connectivity index (χ1) is 13.2. The lowest BCUT2D eigenvalue weighted by Gasteiger charge is -2.36. The Morgan fingerprint density at radius 1 is 0.964 bits per heavy atom. The average Bonchev–Trinajstić information content (AvgIpc) is 2.67. The van der Waals surface area contributed by atoms with Crippen LogP contribution in [0.15, 0.2) is 42.5 Å². The number of ketones is 1. The van der Waals surface area contributed by atoms with Gasteiger partial charge in [0.05, 0.1) is 16.8 Å². The zero-order chi connectivity index (χ0) is 20.5. The molecule has 2 aromatic rings. The van der Waals surface area contributed by atoms with E-state index in [9.17, 15) is 27.2 Å². The van der Waals surface area contributed by atoms with E-state index in [1.165, 1.54) is 36.1 Å². The maximum Gasteiger partial charge on any atom is 0.417 e.